The fourth-order valence-corrected chi connectivity index (χ4v) is 2.64. The van der Waals surface area contributed by atoms with Crippen LogP contribution >= 0.6 is 15.9 Å². The molecule has 114 valence electrons. The third-order valence-corrected chi connectivity index (χ3v) is 3.97. The van der Waals surface area contributed by atoms with E-state index in [-0.39, 0.29) is 12.5 Å². The lowest BCUT2D eigenvalue weighted by Crippen LogP contribution is -2.29. The maximum absolute atomic E-state index is 11.1. The molecule has 0 aliphatic rings. The van der Waals surface area contributed by atoms with Gasteiger partial charge in [0.1, 0.15) is 5.69 Å². The Bertz CT molecular complexity index is 634. The second-order valence-corrected chi connectivity index (χ2v) is 5.37. The van der Waals surface area contributed by atoms with Gasteiger partial charge >= 0.3 is 0 Å². The lowest BCUT2D eigenvalue weighted by Gasteiger charge is -2.02. The number of hydrogen-bond acceptors (Lipinski definition) is 5. The van der Waals surface area contributed by atoms with Crippen LogP contribution in [0.2, 0.25) is 0 Å². The van der Waals surface area contributed by atoms with E-state index in [2.05, 4.69) is 43.6 Å². The standard InChI is InChI=1S/C12H18BrN7O/c1-3-9-12(13)10(19(2)17-9)7-20-6-8(16-18-20)5-15-11(21)4-14/h6H,3-5,7,14H2,1-2H3,(H,15,21). The average Bonchev–Trinajstić information content (AvgIpc) is 3.04. The molecular weight excluding hydrogens is 338 g/mol. The molecule has 0 saturated heterocycles. The Balaban J connectivity index is 2.06. The van der Waals surface area contributed by atoms with Gasteiger partial charge in [0.15, 0.2) is 0 Å². The first-order valence-corrected chi connectivity index (χ1v) is 7.40. The van der Waals surface area contributed by atoms with E-state index in [4.69, 9.17) is 5.73 Å². The number of nitrogens with zero attached hydrogens (tertiary/aromatic N) is 5. The minimum absolute atomic E-state index is 0.0318. The molecule has 0 aromatic carbocycles. The number of amides is 1. The zero-order valence-electron chi connectivity index (χ0n) is 12.0. The molecule has 2 aromatic rings. The van der Waals surface area contributed by atoms with E-state index in [1.165, 1.54) is 0 Å². The summed E-state index contributed by atoms with van der Waals surface area (Å²) in [7, 11) is 1.90. The van der Waals surface area contributed by atoms with Crippen molar-refractivity contribution in [2.24, 2.45) is 12.8 Å². The maximum Gasteiger partial charge on any atom is 0.234 e. The molecule has 21 heavy (non-hydrogen) atoms. The summed E-state index contributed by atoms with van der Waals surface area (Å²) in [6.45, 7) is 2.91. The van der Waals surface area contributed by atoms with Crippen LogP contribution in [0.15, 0.2) is 10.7 Å². The second-order valence-electron chi connectivity index (χ2n) is 4.57. The van der Waals surface area contributed by atoms with Crippen molar-refractivity contribution < 1.29 is 4.79 Å². The molecule has 0 unspecified atom stereocenters. The van der Waals surface area contributed by atoms with E-state index < -0.39 is 0 Å². The smallest absolute Gasteiger partial charge is 0.234 e. The minimum Gasteiger partial charge on any atom is -0.349 e. The van der Waals surface area contributed by atoms with E-state index in [0.717, 1.165) is 22.3 Å². The number of carbonyl (C=O) groups is 1. The van der Waals surface area contributed by atoms with E-state index in [1.807, 2.05) is 11.7 Å². The maximum atomic E-state index is 11.1. The Kier molecular flexibility index (Phi) is 5.07. The third-order valence-electron chi connectivity index (χ3n) is 3.05. The normalized spacial score (nSPS) is 10.9. The minimum atomic E-state index is -0.216. The first kappa shape index (κ1) is 15.6. The first-order chi connectivity index (χ1) is 10.0. The zero-order valence-corrected chi connectivity index (χ0v) is 13.6. The highest BCUT2D eigenvalue weighted by molar-refractivity contribution is 9.10. The summed E-state index contributed by atoms with van der Waals surface area (Å²) >= 11 is 3.57. The van der Waals surface area contributed by atoms with Gasteiger partial charge in [0.25, 0.3) is 0 Å². The lowest BCUT2D eigenvalue weighted by molar-refractivity contribution is -0.119. The Labute approximate surface area is 130 Å². The summed E-state index contributed by atoms with van der Waals surface area (Å²) in [6.07, 6.45) is 2.66. The van der Waals surface area contributed by atoms with Crippen molar-refractivity contribution in [2.75, 3.05) is 6.54 Å². The molecule has 8 nitrogen and oxygen atoms in total. The van der Waals surface area contributed by atoms with Gasteiger partial charge in [0.2, 0.25) is 5.91 Å². The van der Waals surface area contributed by atoms with Gasteiger partial charge in [0.05, 0.1) is 41.7 Å². The van der Waals surface area contributed by atoms with Gasteiger partial charge in [-0.05, 0) is 22.4 Å². The van der Waals surface area contributed by atoms with Gasteiger partial charge in [-0.1, -0.05) is 12.1 Å². The van der Waals surface area contributed by atoms with Crippen LogP contribution in [-0.4, -0.2) is 37.2 Å². The summed E-state index contributed by atoms with van der Waals surface area (Å²) in [5, 5.41) is 15.2. The molecule has 0 aliphatic heterocycles. The summed E-state index contributed by atoms with van der Waals surface area (Å²) in [5.41, 5.74) is 7.95. The van der Waals surface area contributed by atoms with Crippen molar-refractivity contribution in [1.29, 1.82) is 0 Å². The second kappa shape index (κ2) is 6.81. The number of nitrogens with two attached hydrogens (primary N) is 1. The Morgan fingerprint density at radius 1 is 1.52 bits per heavy atom. The fourth-order valence-electron chi connectivity index (χ4n) is 1.90. The molecule has 9 heteroatoms. The molecule has 0 fully saturated rings. The van der Waals surface area contributed by atoms with Crippen LogP contribution in [0, 0.1) is 0 Å². The largest absolute Gasteiger partial charge is 0.349 e. The number of carbonyl (C=O) groups excluding carboxylic acids is 1. The number of aromatic nitrogens is 5. The summed E-state index contributed by atoms with van der Waals surface area (Å²) in [6, 6.07) is 0. The highest BCUT2D eigenvalue weighted by atomic mass is 79.9. The van der Waals surface area contributed by atoms with Crippen molar-refractivity contribution >= 4 is 21.8 Å². The molecule has 0 bridgehead atoms. The van der Waals surface area contributed by atoms with Crippen LogP contribution in [0.5, 0.6) is 0 Å². The Morgan fingerprint density at radius 2 is 2.29 bits per heavy atom. The summed E-state index contributed by atoms with van der Waals surface area (Å²) in [5.74, 6) is -0.216. The van der Waals surface area contributed by atoms with Crippen molar-refractivity contribution in [2.45, 2.75) is 26.4 Å². The number of nitrogens with one attached hydrogen (secondary N) is 1. The van der Waals surface area contributed by atoms with Gasteiger partial charge in [-0.15, -0.1) is 5.10 Å². The van der Waals surface area contributed by atoms with Crippen LogP contribution in [0.3, 0.4) is 0 Å². The predicted molar refractivity (Wildman–Crippen MR) is 80.3 cm³/mol. The van der Waals surface area contributed by atoms with Crippen molar-refractivity contribution in [1.82, 2.24) is 30.1 Å². The summed E-state index contributed by atoms with van der Waals surface area (Å²) in [4.78, 5) is 11.1. The quantitative estimate of drug-likeness (QED) is 0.756. The Morgan fingerprint density at radius 3 is 2.90 bits per heavy atom. The average molecular weight is 356 g/mol. The topological polar surface area (TPSA) is 104 Å². The van der Waals surface area contributed by atoms with Crippen LogP contribution < -0.4 is 11.1 Å². The predicted octanol–water partition coefficient (Wildman–Crippen LogP) is -0.0403. The van der Waals surface area contributed by atoms with E-state index in [9.17, 15) is 4.79 Å². The van der Waals surface area contributed by atoms with Gasteiger partial charge in [-0.3, -0.25) is 9.48 Å². The molecule has 0 aliphatic carbocycles. The van der Waals surface area contributed by atoms with E-state index in [0.29, 0.717) is 18.8 Å². The monoisotopic (exact) mass is 355 g/mol. The number of rotatable bonds is 6. The van der Waals surface area contributed by atoms with Crippen molar-refractivity contribution in [3.63, 3.8) is 0 Å². The van der Waals surface area contributed by atoms with Crippen LogP contribution in [-0.2, 0) is 31.4 Å². The molecule has 2 heterocycles. The molecule has 0 radical (unpaired) electrons. The van der Waals surface area contributed by atoms with Crippen molar-refractivity contribution in [3.8, 4) is 0 Å². The van der Waals surface area contributed by atoms with Gasteiger partial charge in [0, 0.05) is 7.05 Å². The molecule has 0 atom stereocenters. The van der Waals surface area contributed by atoms with Gasteiger partial charge in [-0.25, -0.2) is 4.68 Å². The summed E-state index contributed by atoms with van der Waals surface area (Å²) < 4.78 is 4.55. The van der Waals surface area contributed by atoms with Crippen LogP contribution in [0.4, 0.5) is 0 Å². The number of aryl methyl sites for hydroxylation is 2. The molecule has 0 spiro atoms. The highest BCUT2D eigenvalue weighted by Crippen LogP contribution is 2.22. The first-order valence-electron chi connectivity index (χ1n) is 6.61. The zero-order chi connectivity index (χ0) is 15.4. The Hall–Kier alpha value is -1.74. The van der Waals surface area contributed by atoms with Crippen LogP contribution in [0.1, 0.15) is 24.0 Å². The van der Waals surface area contributed by atoms with E-state index in [1.54, 1.807) is 10.9 Å². The lowest BCUT2D eigenvalue weighted by atomic mass is 10.3. The fraction of sp³-hybridized carbons (Fsp3) is 0.500. The SMILES string of the molecule is CCc1nn(C)c(Cn2cc(CNC(=O)CN)nn2)c1Br. The molecule has 2 rings (SSSR count). The molecule has 3 N–H and O–H groups in total. The van der Waals surface area contributed by atoms with Crippen LogP contribution in [0.25, 0.3) is 0 Å². The number of hydrogen-bond donors (Lipinski definition) is 2. The molecule has 0 saturated carbocycles. The number of halogens is 1. The van der Waals surface area contributed by atoms with Gasteiger partial charge in [-0.2, -0.15) is 5.10 Å². The van der Waals surface area contributed by atoms with E-state index >= 15 is 0 Å². The molecule has 1 amide bonds. The molecular formula is C12H18BrN7O. The third kappa shape index (κ3) is 3.67. The van der Waals surface area contributed by atoms with Gasteiger partial charge < -0.3 is 11.1 Å². The highest BCUT2D eigenvalue weighted by Gasteiger charge is 2.13. The molecule has 2 aromatic heterocycles. The van der Waals surface area contributed by atoms with Crippen molar-refractivity contribution in [3.05, 3.63) is 27.8 Å².